The van der Waals surface area contributed by atoms with Crippen molar-refractivity contribution in [3.05, 3.63) is 22.0 Å². The highest BCUT2D eigenvalue weighted by Gasteiger charge is 2.05. The third kappa shape index (κ3) is 6.17. The fourth-order valence-corrected chi connectivity index (χ4v) is 2.27. The van der Waals surface area contributed by atoms with Gasteiger partial charge in [0.1, 0.15) is 0 Å². The number of hydrogen-bond donors (Lipinski definition) is 1. The molecule has 7 nitrogen and oxygen atoms in total. The van der Waals surface area contributed by atoms with Crippen molar-refractivity contribution in [1.82, 2.24) is 14.1 Å². The zero-order chi connectivity index (χ0) is 12.5. The van der Waals surface area contributed by atoms with Crippen molar-refractivity contribution in [3.8, 4) is 0 Å². The molecular formula is C8H13N5O2S2. The maximum Gasteiger partial charge on any atom is 0.259 e. The van der Waals surface area contributed by atoms with Crippen LogP contribution in [0.2, 0.25) is 0 Å². The Kier molecular flexibility index (Phi) is 6.48. The van der Waals surface area contributed by atoms with Gasteiger partial charge in [0.05, 0.1) is 23.6 Å². The van der Waals surface area contributed by atoms with E-state index in [9.17, 15) is 10.1 Å². The Labute approximate surface area is 107 Å². The van der Waals surface area contributed by atoms with Crippen LogP contribution in [-0.4, -0.2) is 45.4 Å². The Bertz CT molecular complexity index is 368. The summed E-state index contributed by atoms with van der Waals surface area (Å²) in [5.41, 5.74) is 0.967. The summed E-state index contributed by atoms with van der Waals surface area (Å²) in [6.45, 7) is 0.403. The summed E-state index contributed by atoms with van der Waals surface area (Å²) in [5, 5.41) is 13.2. The molecule has 17 heavy (non-hydrogen) atoms. The molecule has 1 rings (SSSR count). The first-order chi connectivity index (χ1) is 8.22. The second-order valence-corrected chi connectivity index (χ2v) is 4.70. The molecule has 0 aromatic carbocycles. The molecule has 0 aliphatic rings. The van der Waals surface area contributed by atoms with Crippen molar-refractivity contribution in [2.24, 2.45) is 4.99 Å². The molecule has 1 N–H and O–H groups in total. The number of nitro groups is 1. The summed E-state index contributed by atoms with van der Waals surface area (Å²) in [6, 6.07) is 0. The summed E-state index contributed by atoms with van der Waals surface area (Å²) in [7, 11) is 1.54. The SMILES string of the molecule is CN=C(C[N+](=O)[O-])NCCSCc1cnsn1. The quantitative estimate of drug-likeness (QED) is 0.258. The van der Waals surface area contributed by atoms with E-state index in [0.717, 1.165) is 17.2 Å². The highest BCUT2D eigenvalue weighted by atomic mass is 32.2. The zero-order valence-corrected chi connectivity index (χ0v) is 11.0. The molecule has 9 heteroatoms. The van der Waals surface area contributed by atoms with Crippen LogP contribution in [0.15, 0.2) is 11.2 Å². The summed E-state index contributed by atoms with van der Waals surface area (Å²) in [4.78, 5) is 13.7. The lowest BCUT2D eigenvalue weighted by molar-refractivity contribution is -0.463. The fourth-order valence-electron chi connectivity index (χ4n) is 1.02. The highest BCUT2D eigenvalue weighted by Crippen LogP contribution is 2.08. The van der Waals surface area contributed by atoms with Crippen LogP contribution >= 0.6 is 23.5 Å². The van der Waals surface area contributed by atoms with Gasteiger partial charge in [0, 0.05) is 30.0 Å². The van der Waals surface area contributed by atoms with Gasteiger partial charge in [-0.05, 0) is 0 Å². The molecule has 0 spiro atoms. The van der Waals surface area contributed by atoms with E-state index in [1.807, 2.05) is 0 Å². The Morgan fingerprint density at radius 2 is 2.59 bits per heavy atom. The minimum absolute atomic E-state index is 0.253. The van der Waals surface area contributed by atoms with Crippen molar-refractivity contribution in [2.45, 2.75) is 5.75 Å². The molecule has 0 atom stereocenters. The average Bonchev–Trinajstić information content (AvgIpc) is 2.79. The van der Waals surface area contributed by atoms with Crippen molar-refractivity contribution >= 4 is 29.3 Å². The van der Waals surface area contributed by atoms with Gasteiger partial charge in [-0.25, -0.2) is 0 Å². The van der Waals surface area contributed by atoms with Gasteiger partial charge in [-0.2, -0.15) is 20.5 Å². The normalized spacial score (nSPS) is 11.5. The van der Waals surface area contributed by atoms with Crippen LogP contribution < -0.4 is 5.32 Å². The molecule has 0 aliphatic carbocycles. The number of hydrogen-bond acceptors (Lipinski definition) is 7. The molecule has 0 saturated heterocycles. The van der Waals surface area contributed by atoms with E-state index >= 15 is 0 Å². The van der Waals surface area contributed by atoms with Gasteiger partial charge in [-0.1, -0.05) is 0 Å². The first kappa shape index (κ1) is 13.8. The number of amidine groups is 1. The molecular weight excluding hydrogens is 262 g/mol. The number of thioether (sulfide) groups is 1. The molecule has 0 unspecified atom stereocenters. The Morgan fingerprint density at radius 1 is 1.76 bits per heavy atom. The second kappa shape index (κ2) is 7.96. The van der Waals surface area contributed by atoms with Crippen molar-refractivity contribution < 1.29 is 4.92 Å². The molecule has 1 aromatic heterocycles. The van der Waals surface area contributed by atoms with Crippen LogP contribution in [-0.2, 0) is 5.75 Å². The number of nitrogens with one attached hydrogen (secondary N) is 1. The summed E-state index contributed by atoms with van der Waals surface area (Å²) < 4.78 is 7.98. The monoisotopic (exact) mass is 275 g/mol. The third-order valence-electron chi connectivity index (χ3n) is 1.78. The molecule has 1 heterocycles. The standard InChI is InChI=1S/C8H13N5O2S2/c1-9-8(5-13(14)15)10-2-3-16-6-7-4-11-17-12-7/h4H,2-3,5-6H2,1H3,(H,9,10). The topological polar surface area (TPSA) is 93.3 Å². The Morgan fingerprint density at radius 3 is 3.18 bits per heavy atom. The lowest BCUT2D eigenvalue weighted by atomic mass is 10.5. The molecule has 0 amide bonds. The first-order valence-corrected chi connectivity index (χ1v) is 6.76. The van der Waals surface area contributed by atoms with Crippen LogP contribution in [0.4, 0.5) is 0 Å². The smallest absolute Gasteiger partial charge is 0.259 e. The Balaban J connectivity index is 2.09. The lowest BCUT2D eigenvalue weighted by Gasteiger charge is -2.04. The summed E-state index contributed by atoms with van der Waals surface area (Å²) in [5.74, 6) is 2.06. The van der Waals surface area contributed by atoms with Gasteiger partial charge in [0.2, 0.25) is 0 Å². The first-order valence-electron chi connectivity index (χ1n) is 4.88. The van der Waals surface area contributed by atoms with E-state index in [1.165, 1.54) is 11.7 Å². The van der Waals surface area contributed by atoms with Crippen molar-refractivity contribution in [1.29, 1.82) is 0 Å². The van der Waals surface area contributed by atoms with Crippen LogP contribution in [0.5, 0.6) is 0 Å². The lowest BCUT2D eigenvalue weighted by Crippen LogP contribution is -2.31. The number of aromatic nitrogens is 2. The fraction of sp³-hybridized carbons (Fsp3) is 0.625. The predicted octanol–water partition coefficient (Wildman–Crippen LogP) is 0.666. The maximum absolute atomic E-state index is 10.3. The molecule has 94 valence electrons. The largest absolute Gasteiger partial charge is 0.368 e. The zero-order valence-electron chi connectivity index (χ0n) is 9.33. The molecule has 0 bridgehead atoms. The molecule has 0 aliphatic heterocycles. The van der Waals surface area contributed by atoms with Crippen molar-refractivity contribution in [2.75, 3.05) is 25.9 Å². The predicted molar refractivity (Wildman–Crippen MR) is 69.3 cm³/mol. The van der Waals surface area contributed by atoms with E-state index in [2.05, 4.69) is 19.1 Å². The molecule has 0 fully saturated rings. The molecule has 0 radical (unpaired) electrons. The van der Waals surface area contributed by atoms with E-state index < -0.39 is 4.92 Å². The number of aliphatic imine (C=N–C) groups is 1. The molecule has 1 aromatic rings. The number of rotatable bonds is 7. The number of nitrogens with zero attached hydrogens (tertiary/aromatic N) is 4. The third-order valence-corrected chi connectivity index (χ3v) is 3.29. The van der Waals surface area contributed by atoms with Gasteiger partial charge in [0.15, 0.2) is 5.84 Å². The van der Waals surface area contributed by atoms with Gasteiger partial charge >= 0.3 is 0 Å². The second-order valence-electron chi connectivity index (χ2n) is 3.04. The highest BCUT2D eigenvalue weighted by molar-refractivity contribution is 7.98. The van der Waals surface area contributed by atoms with Crippen LogP contribution in [0, 0.1) is 10.1 Å². The van der Waals surface area contributed by atoms with Crippen LogP contribution in [0.25, 0.3) is 0 Å². The van der Waals surface area contributed by atoms with E-state index in [-0.39, 0.29) is 6.54 Å². The average molecular weight is 275 g/mol. The minimum Gasteiger partial charge on any atom is -0.368 e. The van der Waals surface area contributed by atoms with Gasteiger partial charge < -0.3 is 5.32 Å². The summed E-state index contributed by atoms with van der Waals surface area (Å²) in [6.07, 6.45) is 1.75. The summed E-state index contributed by atoms with van der Waals surface area (Å²) >= 11 is 2.89. The van der Waals surface area contributed by atoms with E-state index in [1.54, 1.807) is 25.0 Å². The Hall–Kier alpha value is -1.22. The van der Waals surface area contributed by atoms with E-state index in [4.69, 9.17) is 0 Å². The van der Waals surface area contributed by atoms with Crippen LogP contribution in [0.3, 0.4) is 0 Å². The minimum atomic E-state index is -0.399. The van der Waals surface area contributed by atoms with Gasteiger partial charge in [-0.15, -0.1) is 0 Å². The van der Waals surface area contributed by atoms with E-state index in [0.29, 0.717) is 12.4 Å². The maximum atomic E-state index is 10.3. The van der Waals surface area contributed by atoms with Gasteiger partial charge in [-0.3, -0.25) is 15.1 Å². The molecule has 0 saturated carbocycles. The van der Waals surface area contributed by atoms with Crippen molar-refractivity contribution in [3.63, 3.8) is 0 Å². The van der Waals surface area contributed by atoms with Crippen LogP contribution in [0.1, 0.15) is 5.69 Å². The van der Waals surface area contributed by atoms with Gasteiger partial charge in [0.25, 0.3) is 6.54 Å².